The second kappa shape index (κ2) is 18.4. The first-order chi connectivity index (χ1) is 35.0. The van der Waals surface area contributed by atoms with Crippen LogP contribution >= 0.6 is 0 Å². The molecule has 10 heterocycles. The van der Waals surface area contributed by atoms with E-state index in [2.05, 4.69) is 84.0 Å². The van der Waals surface area contributed by atoms with E-state index in [0.717, 1.165) is 89.7 Å². The van der Waals surface area contributed by atoms with Crippen LogP contribution in [0.5, 0.6) is 0 Å². The molecule has 14 rings (SSSR count). The number of pyridine rings is 1. The Balaban J connectivity index is 0.969. The maximum atomic E-state index is 14.6. The summed E-state index contributed by atoms with van der Waals surface area (Å²) < 4.78 is 40.1. The molecule has 392 valence electrons. The van der Waals surface area contributed by atoms with E-state index in [-0.39, 0.29) is 60.6 Å². The molecule has 17 nitrogen and oxygen atoms in total. The predicted octanol–water partition coefficient (Wildman–Crippen LogP) is 6.54. The predicted molar refractivity (Wildman–Crippen MR) is 272 cm³/mol. The highest BCUT2D eigenvalue weighted by molar-refractivity contribution is 5.96. The standard InChI is InChI=1S/C56H74N8O9/c1-33-37-25-56(26-37,73-33)51(66)59-44-22-47-58-45(31-70-47)36-8-11-46-41(20-36)43(28-53(3,4)32-71-52(67)55-23-35(24-55)30-64(60-55)50(44)65)49(63(46)17-19-69-40-12-18-72-54(5,6)27-40)42-21-39(29-57-48(42)34(2)68-7)62-15-13-61(14-16-62)38-9-10-38/h8,11,20-21,29,31,33-35,37-38,40,44,60H,9-10,12-19,22-28,30,32H2,1-7H3,(H,59,66)/t33-,34-,35?,37?,40-,44-,55?,56?/m0/s1. The molecule has 0 radical (unpaired) electrons. The highest BCUT2D eigenvalue weighted by Crippen LogP contribution is 2.53. The van der Waals surface area contributed by atoms with Crippen molar-refractivity contribution >= 4 is 34.4 Å². The van der Waals surface area contributed by atoms with Gasteiger partial charge in [-0.1, -0.05) is 19.9 Å². The van der Waals surface area contributed by atoms with Crippen molar-refractivity contribution in [2.24, 2.45) is 17.3 Å². The van der Waals surface area contributed by atoms with Gasteiger partial charge in [-0.05, 0) is 115 Å². The van der Waals surface area contributed by atoms with Crippen molar-refractivity contribution in [1.29, 1.82) is 0 Å². The summed E-state index contributed by atoms with van der Waals surface area (Å²) in [6.45, 7) is 18.8. The van der Waals surface area contributed by atoms with Gasteiger partial charge in [-0.25, -0.2) is 15.2 Å². The Morgan fingerprint density at radius 3 is 2.53 bits per heavy atom. The molecule has 4 aromatic rings. The van der Waals surface area contributed by atoms with Gasteiger partial charge in [0, 0.05) is 92.9 Å². The fraction of sp³-hybridized carbons (Fsp3) is 0.661. The van der Waals surface area contributed by atoms with Crippen LogP contribution < -0.4 is 15.6 Å². The van der Waals surface area contributed by atoms with Gasteiger partial charge in [0.15, 0.2) is 5.89 Å². The first-order valence-corrected chi connectivity index (χ1v) is 27.1. The Kier molecular flexibility index (Phi) is 12.4. The number of methoxy groups -OCH3 is 1. The van der Waals surface area contributed by atoms with Crippen LogP contribution in [0.25, 0.3) is 33.4 Å². The molecule has 17 heteroatoms. The van der Waals surface area contributed by atoms with Crippen LogP contribution in [0, 0.1) is 17.3 Å². The minimum absolute atomic E-state index is 0.00582. The smallest absolute Gasteiger partial charge is 0.328 e. The van der Waals surface area contributed by atoms with Crippen LogP contribution in [0.1, 0.15) is 116 Å². The number of nitrogens with zero attached hydrogens (tertiary/aromatic N) is 6. The second-order valence-corrected chi connectivity index (χ2v) is 24.2. The van der Waals surface area contributed by atoms with Crippen molar-refractivity contribution in [2.45, 2.75) is 159 Å². The summed E-state index contributed by atoms with van der Waals surface area (Å²) in [5, 5.41) is 5.60. The monoisotopic (exact) mass is 1000 g/mol. The van der Waals surface area contributed by atoms with Crippen molar-refractivity contribution in [3.8, 4) is 22.5 Å². The van der Waals surface area contributed by atoms with Gasteiger partial charge in [-0.15, -0.1) is 0 Å². The molecule has 2 amide bonds. The lowest BCUT2D eigenvalue weighted by Gasteiger charge is -2.55. The third-order valence-electron chi connectivity index (χ3n) is 17.6. The number of nitrogens with one attached hydrogen (secondary N) is 2. The molecule has 3 aromatic heterocycles. The quantitative estimate of drug-likeness (QED) is 0.155. The fourth-order valence-electron chi connectivity index (χ4n) is 13.3. The van der Waals surface area contributed by atoms with Crippen LogP contribution in [-0.2, 0) is 57.5 Å². The third-order valence-corrected chi connectivity index (χ3v) is 17.6. The normalized spacial score (nSPS) is 31.4. The molecule has 4 atom stereocenters. The van der Waals surface area contributed by atoms with E-state index < -0.39 is 22.6 Å². The molecule has 3 aliphatic carbocycles. The minimum atomic E-state index is -1.06. The van der Waals surface area contributed by atoms with Crippen molar-refractivity contribution in [3.63, 3.8) is 0 Å². The Hall–Kier alpha value is -4.91. The van der Waals surface area contributed by atoms with Gasteiger partial charge in [0.1, 0.15) is 29.1 Å². The summed E-state index contributed by atoms with van der Waals surface area (Å²) in [4.78, 5) is 58.6. The van der Waals surface area contributed by atoms with Crippen LogP contribution in [0.15, 0.2) is 41.1 Å². The number of amides is 2. The highest BCUT2D eigenvalue weighted by Gasteiger charge is 2.62. The number of fused-ring (bicyclic) bond motifs is 5. The second-order valence-electron chi connectivity index (χ2n) is 24.2. The SMILES string of the molecule is CO[C@@H](C)c1ncc(N2CCN(C3CC3)CC2)cc1-c1c2c3cc(ccc3n1CCO[C@H]1CCOC(C)(C)C1)-c1coc(n1)C[C@H](NC(=O)C13CC(C1)[C@H](C)O3)C(=O)N1CC3CC(C3)(N1)C(=O)OCC(C)(C)C2. The Bertz CT molecular complexity index is 2780. The number of benzene rings is 1. The van der Waals surface area contributed by atoms with Crippen LogP contribution in [-0.4, -0.2) is 143 Å². The van der Waals surface area contributed by atoms with Gasteiger partial charge in [-0.3, -0.25) is 24.5 Å². The Labute approximate surface area is 428 Å². The summed E-state index contributed by atoms with van der Waals surface area (Å²) in [6, 6.07) is 8.44. The molecule has 1 spiro atoms. The van der Waals surface area contributed by atoms with Crippen molar-refractivity contribution < 1.29 is 42.5 Å². The maximum absolute atomic E-state index is 14.6. The number of hydrazine groups is 1. The molecular formula is C56H74N8O9. The Morgan fingerprint density at radius 1 is 1.01 bits per heavy atom. The number of cyclic esters (lactones) is 1. The van der Waals surface area contributed by atoms with Gasteiger partial charge >= 0.3 is 5.97 Å². The van der Waals surface area contributed by atoms with Crippen molar-refractivity contribution in [2.75, 3.05) is 64.6 Å². The van der Waals surface area contributed by atoms with Crippen LogP contribution in [0.3, 0.4) is 0 Å². The van der Waals surface area contributed by atoms with E-state index in [4.69, 9.17) is 38.1 Å². The van der Waals surface area contributed by atoms with E-state index >= 15 is 0 Å². The van der Waals surface area contributed by atoms with Gasteiger partial charge in [0.05, 0.1) is 66.8 Å². The van der Waals surface area contributed by atoms with E-state index in [9.17, 15) is 14.4 Å². The third kappa shape index (κ3) is 9.17. The molecule has 6 saturated heterocycles. The number of carbonyl (C=O) groups is 3. The van der Waals surface area contributed by atoms with Gasteiger partial charge in [-0.2, -0.15) is 0 Å². The van der Waals surface area contributed by atoms with Gasteiger partial charge in [0.25, 0.3) is 11.8 Å². The molecule has 3 saturated carbocycles. The lowest BCUT2D eigenvalue weighted by molar-refractivity contribution is -0.180. The number of oxazole rings is 1. The minimum Gasteiger partial charge on any atom is -0.464 e. The molecule has 9 bridgehead atoms. The molecule has 7 aliphatic heterocycles. The number of anilines is 1. The number of carbonyl (C=O) groups excluding carboxylic acids is 3. The van der Waals surface area contributed by atoms with E-state index in [1.807, 2.05) is 13.1 Å². The molecule has 2 N–H and O–H groups in total. The number of hydrogen-bond acceptors (Lipinski definition) is 14. The number of esters is 1. The first kappa shape index (κ1) is 49.0. The molecular weight excluding hydrogens is 929 g/mol. The average molecular weight is 1000 g/mol. The number of hydrogen-bond donors (Lipinski definition) is 2. The molecule has 10 aliphatic rings. The summed E-state index contributed by atoms with van der Waals surface area (Å²) in [7, 11) is 1.73. The average Bonchev–Trinajstić information content (AvgIpc) is 3.74. The van der Waals surface area contributed by atoms with Crippen molar-refractivity contribution in [3.05, 3.63) is 53.9 Å². The van der Waals surface area contributed by atoms with Crippen molar-refractivity contribution in [1.82, 2.24) is 35.2 Å². The number of rotatable bonds is 11. The van der Waals surface area contributed by atoms with Crippen LogP contribution in [0.2, 0.25) is 0 Å². The number of aromatic nitrogens is 3. The topological polar surface area (TPSA) is 175 Å². The molecule has 1 aromatic carbocycles. The van der Waals surface area contributed by atoms with E-state index in [1.165, 1.54) is 17.9 Å². The summed E-state index contributed by atoms with van der Waals surface area (Å²) in [6.07, 6.45) is 10.5. The molecule has 0 unspecified atom stereocenters. The lowest BCUT2D eigenvalue weighted by Crippen LogP contribution is -2.75. The summed E-state index contributed by atoms with van der Waals surface area (Å²) >= 11 is 0. The molecule has 73 heavy (non-hydrogen) atoms. The molecule has 9 fully saturated rings. The highest BCUT2D eigenvalue weighted by atomic mass is 16.5. The van der Waals surface area contributed by atoms with E-state index in [0.29, 0.717) is 75.9 Å². The largest absolute Gasteiger partial charge is 0.464 e. The summed E-state index contributed by atoms with van der Waals surface area (Å²) in [5.74, 6) is -0.312. The zero-order valence-corrected chi connectivity index (χ0v) is 43.8. The van der Waals surface area contributed by atoms with Gasteiger partial charge in [0.2, 0.25) is 0 Å². The zero-order valence-electron chi connectivity index (χ0n) is 43.8. The zero-order chi connectivity index (χ0) is 50.6. The fourth-order valence-corrected chi connectivity index (χ4v) is 13.3. The van der Waals surface area contributed by atoms with Crippen LogP contribution in [0.4, 0.5) is 5.69 Å². The number of ether oxygens (including phenoxy) is 5. The maximum Gasteiger partial charge on any atom is 0.328 e. The van der Waals surface area contributed by atoms with E-state index in [1.54, 1.807) is 13.4 Å². The van der Waals surface area contributed by atoms with Gasteiger partial charge < -0.3 is 42.9 Å². The number of piperazine rings is 1. The lowest BCUT2D eigenvalue weighted by atomic mass is 9.66. The summed E-state index contributed by atoms with van der Waals surface area (Å²) in [5.41, 5.74) is 8.00. The Morgan fingerprint density at radius 2 is 1.81 bits per heavy atom. The first-order valence-electron chi connectivity index (χ1n) is 27.1.